The Morgan fingerprint density at radius 1 is 1.56 bits per heavy atom. The lowest BCUT2D eigenvalue weighted by Crippen LogP contribution is -1.96. The Labute approximate surface area is 101 Å². The molecule has 16 heavy (non-hydrogen) atoms. The Hall–Kier alpha value is -1.20. The summed E-state index contributed by atoms with van der Waals surface area (Å²) in [6.07, 6.45) is 0.747. The van der Waals surface area contributed by atoms with Crippen LogP contribution in [0.4, 0.5) is 0 Å². The number of carboxylic acid groups (broad SMARTS) is 1. The van der Waals surface area contributed by atoms with Gasteiger partial charge in [0.2, 0.25) is 0 Å². The molecule has 0 atom stereocenters. The molecule has 0 bridgehead atoms. The second kappa shape index (κ2) is 4.76. The van der Waals surface area contributed by atoms with Crippen molar-refractivity contribution in [2.45, 2.75) is 19.8 Å². The van der Waals surface area contributed by atoms with Crippen LogP contribution in [-0.4, -0.2) is 16.1 Å². The molecular formula is C11H11NO2S2. The van der Waals surface area contributed by atoms with E-state index in [1.807, 2.05) is 24.4 Å². The van der Waals surface area contributed by atoms with Gasteiger partial charge in [-0.2, -0.15) is 0 Å². The maximum Gasteiger partial charge on any atom is 0.303 e. The summed E-state index contributed by atoms with van der Waals surface area (Å²) in [6, 6.07) is 4.03. The van der Waals surface area contributed by atoms with E-state index in [4.69, 9.17) is 5.11 Å². The number of rotatable bonds is 4. The molecule has 0 aliphatic rings. The van der Waals surface area contributed by atoms with Crippen molar-refractivity contribution in [1.82, 2.24) is 4.98 Å². The maximum atomic E-state index is 10.5. The van der Waals surface area contributed by atoms with Crippen LogP contribution in [0, 0.1) is 6.92 Å². The van der Waals surface area contributed by atoms with Gasteiger partial charge in [0.15, 0.2) is 0 Å². The van der Waals surface area contributed by atoms with Crippen LogP contribution in [0.3, 0.4) is 0 Å². The summed E-state index contributed by atoms with van der Waals surface area (Å²) in [5.41, 5.74) is 0.953. The Bertz CT molecular complexity index is 488. The Balaban J connectivity index is 2.19. The number of aromatic nitrogens is 1. The highest BCUT2D eigenvalue weighted by molar-refractivity contribution is 7.21. The van der Waals surface area contributed by atoms with Gasteiger partial charge in [0.1, 0.15) is 5.01 Å². The standard InChI is InChI=1S/C11H11NO2S2/c1-7-8(4-5-10(13)14)16-11(12-7)9-3-2-6-15-9/h2-3,6H,4-5H2,1H3,(H,13,14). The van der Waals surface area contributed by atoms with Crippen LogP contribution in [0.5, 0.6) is 0 Å². The van der Waals surface area contributed by atoms with Gasteiger partial charge < -0.3 is 5.11 Å². The average Bonchev–Trinajstić information content (AvgIpc) is 2.83. The average molecular weight is 253 g/mol. The van der Waals surface area contributed by atoms with E-state index in [0.717, 1.165) is 20.5 Å². The summed E-state index contributed by atoms with van der Waals surface area (Å²) in [5.74, 6) is -0.759. The second-order valence-corrected chi connectivity index (χ2v) is 5.43. The van der Waals surface area contributed by atoms with Gasteiger partial charge in [0.25, 0.3) is 0 Å². The maximum absolute atomic E-state index is 10.5. The number of carbonyl (C=O) groups is 1. The van der Waals surface area contributed by atoms with Crippen LogP contribution < -0.4 is 0 Å². The molecule has 0 aliphatic carbocycles. The lowest BCUT2D eigenvalue weighted by atomic mass is 10.2. The van der Waals surface area contributed by atoms with Gasteiger partial charge >= 0.3 is 5.97 Å². The van der Waals surface area contributed by atoms with Crippen LogP contribution in [0.2, 0.25) is 0 Å². The molecule has 3 nitrogen and oxygen atoms in total. The molecule has 2 rings (SSSR count). The fourth-order valence-corrected chi connectivity index (χ4v) is 3.24. The highest BCUT2D eigenvalue weighted by Gasteiger charge is 2.11. The minimum atomic E-state index is -0.759. The molecule has 0 spiro atoms. The fourth-order valence-electron chi connectivity index (χ4n) is 1.39. The lowest BCUT2D eigenvalue weighted by molar-refractivity contribution is -0.136. The summed E-state index contributed by atoms with van der Waals surface area (Å²) in [4.78, 5) is 17.2. The van der Waals surface area contributed by atoms with Crippen molar-refractivity contribution in [3.63, 3.8) is 0 Å². The van der Waals surface area contributed by atoms with Crippen molar-refractivity contribution in [2.24, 2.45) is 0 Å². The van der Waals surface area contributed by atoms with Crippen LogP contribution >= 0.6 is 22.7 Å². The molecule has 0 amide bonds. The number of thiophene rings is 1. The topological polar surface area (TPSA) is 50.2 Å². The normalized spacial score (nSPS) is 10.6. The van der Waals surface area contributed by atoms with Gasteiger partial charge in [-0.3, -0.25) is 4.79 Å². The van der Waals surface area contributed by atoms with Crippen molar-refractivity contribution in [1.29, 1.82) is 0 Å². The first kappa shape index (κ1) is 11.3. The Morgan fingerprint density at radius 3 is 3.00 bits per heavy atom. The fraction of sp³-hybridized carbons (Fsp3) is 0.273. The molecule has 2 aromatic heterocycles. The minimum absolute atomic E-state index is 0.174. The molecule has 0 fully saturated rings. The molecule has 0 saturated carbocycles. The third-order valence-corrected chi connectivity index (χ3v) is 4.45. The molecule has 1 N–H and O–H groups in total. The SMILES string of the molecule is Cc1nc(-c2cccs2)sc1CCC(=O)O. The second-order valence-electron chi connectivity index (χ2n) is 3.40. The van der Waals surface area contributed by atoms with E-state index in [0.29, 0.717) is 6.42 Å². The van der Waals surface area contributed by atoms with E-state index in [-0.39, 0.29) is 6.42 Å². The van der Waals surface area contributed by atoms with Crippen molar-refractivity contribution in [3.05, 3.63) is 28.1 Å². The molecular weight excluding hydrogens is 242 g/mol. The quantitative estimate of drug-likeness (QED) is 0.910. The summed E-state index contributed by atoms with van der Waals surface area (Å²) < 4.78 is 0. The highest BCUT2D eigenvalue weighted by Crippen LogP contribution is 2.31. The minimum Gasteiger partial charge on any atom is -0.481 e. The zero-order valence-electron chi connectivity index (χ0n) is 8.77. The first-order valence-corrected chi connectivity index (χ1v) is 6.58. The largest absolute Gasteiger partial charge is 0.481 e. The molecule has 0 unspecified atom stereocenters. The van der Waals surface area contributed by atoms with Crippen LogP contribution in [0.15, 0.2) is 17.5 Å². The first-order chi connectivity index (χ1) is 7.66. The molecule has 2 aromatic rings. The molecule has 0 aliphatic heterocycles. The van der Waals surface area contributed by atoms with Gasteiger partial charge in [-0.25, -0.2) is 4.98 Å². The summed E-state index contributed by atoms with van der Waals surface area (Å²) >= 11 is 3.25. The zero-order valence-corrected chi connectivity index (χ0v) is 10.4. The Kier molecular flexibility index (Phi) is 3.36. The number of hydrogen-bond donors (Lipinski definition) is 1. The van der Waals surface area contributed by atoms with Gasteiger partial charge in [0, 0.05) is 4.88 Å². The van der Waals surface area contributed by atoms with Crippen LogP contribution in [0.1, 0.15) is 17.0 Å². The van der Waals surface area contributed by atoms with E-state index in [9.17, 15) is 4.79 Å². The van der Waals surface area contributed by atoms with E-state index in [2.05, 4.69) is 4.98 Å². The van der Waals surface area contributed by atoms with Crippen molar-refractivity contribution in [3.8, 4) is 9.88 Å². The van der Waals surface area contributed by atoms with Gasteiger partial charge in [0.05, 0.1) is 17.0 Å². The Morgan fingerprint density at radius 2 is 2.38 bits per heavy atom. The number of hydrogen-bond acceptors (Lipinski definition) is 4. The number of nitrogens with zero attached hydrogens (tertiary/aromatic N) is 1. The van der Waals surface area contributed by atoms with Crippen molar-refractivity contribution < 1.29 is 9.90 Å². The zero-order chi connectivity index (χ0) is 11.5. The van der Waals surface area contributed by atoms with Crippen LogP contribution in [0.25, 0.3) is 9.88 Å². The predicted molar refractivity (Wildman–Crippen MR) is 66.1 cm³/mol. The lowest BCUT2D eigenvalue weighted by Gasteiger charge is -1.92. The summed E-state index contributed by atoms with van der Waals surface area (Å²) in [7, 11) is 0. The summed E-state index contributed by atoms with van der Waals surface area (Å²) in [6.45, 7) is 1.94. The number of thiazole rings is 1. The highest BCUT2D eigenvalue weighted by atomic mass is 32.1. The molecule has 0 saturated heterocycles. The summed E-state index contributed by atoms with van der Waals surface area (Å²) in [5, 5.41) is 11.7. The van der Waals surface area contributed by atoms with E-state index < -0.39 is 5.97 Å². The number of aliphatic carboxylic acids is 1. The third-order valence-electron chi connectivity index (χ3n) is 2.19. The van der Waals surface area contributed by atoms with Gasteiger partial charge in [-0.05, 0) is 24.8 Å². The van der Waals surface area contributed by atoms with Crippen LogP contribution in [-0.2, 0) is 11.2 Å². The number of aryl methyl sites for hydroxylation is 2. The van der Waals surface area contributed by atoms with E-state index >= 15 is 0 Å². The molecule has 0 radical (unpaired) electrons. The van der Waals surface area contributed by atoms with Crippen molar-refractivity contribution in [2.75, 3.05) is 0 Å². The molecule has 2 heterocycles. The number of carboxylic acids is 1. The first-order valence-electron chi connectivity index (χ1n) is 4.89. The monoisotopic (exact) mass is 253 g/mol. The predicted octanol–water partition coefficient (Wildman–Crippen LogP) is 3.20. The third kappa shape index (κ3) is 2.48. The molecule has 0 aromatic carbocycles. The molecule has 5 heteroatoms. The smallest absolute Gasteiger partial charge is 0.303 e. The molecule has 84 valence electrons. The van der Waals surface area contributed by atoms with E-state index in [1.165, 1.54) is 0 Å². The van der Waals surface area contributed by atoms with Gasteiger partial charge in [-0.1, -0.05) is 6.07 Å². The van der Waals surface area contributed by atoms with E-state index in [1.54, 1.807) is 22.7 Å². The van der Waals surface area contributed by atoms with Crippen molar-refractivity contribution >= 4 is 28.6 Å². The van der Waals surface area contributed by atoms with Gasteiger partial charge in [-0.15, -0.1) is 22.7 Å².